The maximum Gasteiger partial charge on any atom is 0.416 e. The fraction of sp³-hybridized carbons (Fsp3) is 0.136. The molecule has 3 rings (SSSR count). The number of carbonyl (C=O) groups is 1. The lowest BCUT2D eigenvalue weighted by Gasteiger charge is -2.20. The quantitative estimate of drug-likeness (QED) is 0.529. The molecular weight excluding hydrogens is 401 g/mol. The summed E-state index contributed by atoms with van der Waals surface area (Å²) in [6.45, 7) is 0.407. The number of hydrogen-bond donors (Lipinski definition) is 2. The minimum atomic E-state index is -4.53. The highest BCUT2D eigenvalue weighted by Gasteiger charge is 2.31. The molecular formula is C22H18ClF3N2O. The fourth-order valence-electron chi connectivity index (χ4n) is 2.83. The van der Waals surface area contributed by atoms with Gasteiger partial charge in [-0.05, 0) is 29.3 Å². The lowest BCUT2D eigenvalue weighted by Crippen LogP contribution is -2.33. The van der Waals surface area contributed by atoms with Gasteiger partial charge in [-0.15, -0.1) is 0 Å². The highest BCUT2D eigenvalue weighted by atomic mass is 35.5. The SMILES string of the molecule is O=C(Nc1cc(C(F)(F)F)ccc1Cl)[C@H](NCc1ccccc1)c1ccccc1. The molecule has 3 aromatic rings. The Labute approximate surface area is 171 Å². The van der Waals surface area contributed by atoms with Gasteiger partial charge < -0.3 is 5.32 Å². The van der Waals surface area contributed by atoms with Crippen molar-refractivity contribution in [3.05, 3.63) is 101 Å². The van der Waals surface area contributed by atoms with Crippen molar-refractivity contribution >= 4 is 23.2 Å². The van der Waals surface area contributed by atoms with Crippen LogP contribution >= 0.6 is 11.6 Å². The third-order valence-corrected chi connectivity index (χ3v) is 4.63. The van der Waals surface area contributed by atoms with E-state index in [2.05, 4.69) is 10.6 Å². The van der Waals surface area contributed by atoms with Crippen molar-refractivity contribution in [2.45, 2.75) is 18.8 Å². The van der Waals surface area contributed by atoms with Crippen LogP contribution in [0.5, 0.6) is 0 Å². The van der Waals surface area contributed by atoms with Crippen molar-refractivity contribution in [2.24, 2.45) is 0 Å². The van der Waals surface area contributed by atoms with Gasteiger partial charge in [-0.2, -0.15) is 13.2 Å². The standard InChI is InChI=1S/C22H18ClF3N2O/c23-18-12-11-17(22(24,25)26)13-19(18)28-21(29)20(16-9-5-2-6-10-16)27-14-15-7-3-1-4-8-15/h1-13,20,27H,14H2,(H,28,29)/t20-/m1/s1. The molecule has 0 aromatic heterocycles. The van der Waals surface area contributed by atoms with E-state index in [1.807, 2.05) is 36.4 Å². The first-order valence-corrected chi connectivity index (χ1v) is 9.22. The predicted octanol–water partition coefficient (Wildman–Crippen LogP) is 5.83. The fourth-order valence-corrected chi connectivity index (χ4v) is 2.99. The molecule has 0 aliphatic carbocycles. The van der Waals surface area contributed by atoms with E-state index in [4.69, 9.17) is 11.6 Å². The molecule has 1 amide bonds. The number of nitrogens with one attached hydrogen (secondary N) is 2. The highest BCUT2D eigenvalue weighted by molar-refractivity contribution is 6.33. The van der Waals surface area contributed by atoms with Crippen molar-refractivity contribution in [1.29, 1.82) is 0 Å². The maximum atomic E-state index is 13.0. The van der Waals surface area contributed by atoms with E-state index >= 15 is 0 Å². The van der Waals surface area contributed by atoms with Crippen LogP contribution in [0.2, 0.25) is 5.02 Å². The molecule has 29 heavy (non-hydrogen) atoms. The molecule has 0 spiro atoms. The second kappa shape index (κ2) is 9.11. The Morgan fingerprint density at radius 2 is 1.55 bits per heavy atom. The number of amides is 1. The number of alkyl halides is 3. The van der Waals surface area contributed by atoms with Crippen molar-refractivity contribution in [3.63, 3.8) is 0 Å². The van der Waals surface area contributed by atoms with Gasteiger partial charge in [0.25, 0.3) is 0 Å². The van der Waals surface area contributed by atoms with Gasteiger partial charge in [0.15, 0.2) is 0 Å². The van der Waals surface area contributed by atoms with E-state index in [-0.39, 0.29) is 10.7 Å². The summed E-state index contributed by atoms with van der Waals surface area (Å²) in [5.41, 5.74) is 0.682. The third kappa shape index (κ3) is 5.59. The zero-order valence-corrected chi connectivity index (χ0v) is 16.0. The van der Waals surface area contributed by atoms with E-state index < -0.39 is 23.7 Å². The van der Waals surface area contributed by atoms with Crippen LogP contribution in [0.4, 0.5) is 18.9 Å². The van der Waals surface area contributed by atoms with Gasteiger partial charge in [0, 0.05) is 6.54 Å². The maximum absolute atomic E-state index is 13.0. The zero-order chi connectivity index (χ0) is 20.9. The topological polar surface area (TPSA) is 41.1 Å². The molecule has 0 bridgehead atoms. The lowest BCUT2D eigenvalue weighted by molar-refractivity contribution is -0.137. The van der Waals surface area contributed by atoms with Gasteiger partial charge in [0.1, 0.15) is 6.04 Å². The number of hydrogen-bond acceptors (Lipinski definition) is 2. The zero-order valence-electron chi connectivity index (χ0n) is 15.2. The molecule has 0 saturated heterocycles. The molecule has 0 aliphatic heterocycles. The molecule has 0 radical (unpaired) electrons. The number of carbonyl (C=O) groups excluding carboxylic acids is 1. The first-order valence-electron chi connectivity index (χ1n) is 8.84. The minimum Gasteiger partial charge on any atom is -0.323 e. The summed E-state index contributed by atoms with van der Waals surface area (Å²) in [5.74, 6) is -0.506. The van der Waals surface area contributed by atoms with Crippen LogP contribution in [0.25, 0.3) is 0 Å². The summed E-state index contributed by atoms with van der Waals surface area (Å²) in [6, 6.07) is 20.5. The van der Waals surface area contributed by atoms with Gasteiger partial charge in [-0.1, -0.05) is 72.3 Å². The molecule has 0 saturated carbocycles. The summed E-state index contributed by atoms with van der Waals surface area (Å²) in [5, 5.41) is 5.71. The van der Waals surface area contributed by atoms with Crippen LogP contribution in [-0.2, 0) is 17.5 Å². The Hall–Kier alpha value is -2.83. The van der Waals surface area contributed by atoms with Crippen molar-refractivity contribution in [1.82, 2.24) is 5.32 Å². The minimum absolute atomic E-state index is 0.0289. The molecule has 7 heteroatoms. The Morgan fingerprint density at radius 3 is 2.17 bits per heavy atom. The average Bonchev–Trinajstić information content (AvgIpc) is 2.70. The normalized spacial score (nSPS) is 12.4. The van der Waals surface area contributed by atoms with Crippen LogP contribution in [0.3, 0.4) is 0 Å². The predicted molar refractivity (Wildman–Crippen MR) is 108 cm³/mol. The first-order chi connectivity index (χ1) is 13.8. The van der Waals surface area contributed by atoms with Gasteiger partial charge in [-0.3, -0.25) is 10.1 Å². The average molecular weight is 419 g/mol. The second-order valence-electron chi connectivity index (χ2n) is 6.39. The van der Waals surface area contributed by atoms with Gasteiger partial charge in [0.05, 0.1) is 16.3 Å². The van der Waals surface area contributed by atoms with Crippen molar-refractivity contribution in [2.75, 3.05) is 5.32 Å². The summed E-state index contributed by atoms with van der Waals surface area (Å²) >= 11 is 6.01. The molecule has 2 N–H and O–H groups in total. The lowest BCUT2D eigenvalue weighted by atomic mass is 10.1. The van der Waals surface area contributed by atoms with Gasteiger partial charge >= 0.3 is 6.18 Å². The molecule has 0 aliphatic rings. The Bertz CT molecular complexity index is 963. The van der Waals surface area contributed by atoms with Gasteiger partial charge in [0.2, 0.25) is 5.91 Å². The largest absolute Gasteiger partial charge is 0.416 e. The highest BCUT2D eigenvalue weighted by Crippen LogP contribution is 2.34. The number of anilines is 1. The number of rotatable bonds is 6. The van der Waals surface area contributed by atoms with Crippen molar-refractivity contribution in [3.8, 4) is 0 Å². The number of benzene rings is 3. The van der Waals surface area contributed by atoms with Crippen LogP contribution in [0.15, 0.2) is 78.9 Å². The smallest absolute Gasteiger partial charge is 0.323 e. The molecule has 0 fully saturated rings. The molecule has 0 unspecified atom stereocenters. The molecule has 150 valence electrons. The van der Waals surface area contributed by atoms with E-state index in [9.17, 15) is 18.0 Å². The van der Waals surface area contributed by atoms with Crippen LogP contribution < -0.4 is 10.6 Å². The van der Waals surface area contributed by atoms with E-state index in [0.29, 0.717) is 12.1 Å². The summed E-state index contributed by atoms with van der Waals surface area (Å²) < 4.78 is 39.0. The Morgan fingerprint density at radius 1 is 0.931 bits per heavy atom. The molecule has 0 heterocycles. The monoisotopic (exact) mass is 418 g/mol. The summed E-state index contributed by atoms with van der Waals surface area (Å²) in [7, 11) is 0. The van der Waals surface area contributed by atoms with E-state index in [1.54, 1.807) is 24.3 Å². The molecule has 3 nitrogen and oxygen atoms in total. The Balaban J connectivity index is 1.83. The van der Waals surface area contributed by atoms with Crippen molar-refractivity contribution < 1.29 is 18.0 Å². The second-order valence-corrected chi connectivity index (χ2v) is 6.80. The van der Waals surface area contributed by atoms with Crippen LogP contribution in [-0.4, -0.2) is 5.91 Å². The van der Waals surface area contributed by atoms with Crippen LogP contribution in [0.1, 0.15) is 22.7 Å². The molecule has 3 aromatic carbocycles. The number of halogens is 4. The third-order valence-electron chi connectivity index (χ3n) is 4.30. The summed E-state index contributed by atoms with van der Waals surface area (Å²) in [6.07, 6.45) is -4.53. The summed E-state index contributed by atoms with van der Waals surface area (Å²) in [4.78, 5) is 12.9. The van der Waals surface area contributed by atoms with Crippen LogP contribution in [0, 0.1) is 0 Å². The van der Waals surface area contributed by atoms with E-state index in [0.717, 1.165) is 23.8 Å². The first kappa shape index (κ1) is 20.9. The molecule has 1 atom stereocenters. The Kier molecular flexibility index (Phi) is 6.56. The van der Waals surface area contributed by atoms with Gasteiger partial charge in [-0.25, -0.2) is 0 Å². The van der Waals surface area contributed by atoms with E-state index in [1.165, 1.54) is 0 Å².